The summed E-state index contributed by atoms with van der Waals surface area (Å²) in [4.78, 5) is 15.7. The van der Waals surface area contributed by atoms with E-state index in [1.165, 1.54) is 0 Å². The average Bonchev–Trinajstić information content (AvgIpc) is 2.22. The van der Waals surface area contributed by atoms with Crippen LogP contribution in [-0.4, -0.2) is 22.6 Å². The smallest absolute Gasteiger partial charge is 0.266 e. The molecule has 0 aliphatic heterocycles. The van der Waals surface area contributed by atoms with E-state index in [1.807, 2.05) is 22.6 Å². The molecule has 0 aromatic carbocycles. The van der Waals surface area contributed by atoms with Crippen molar-refractivity contribution in [3.8, 4) is 0 Å². The van der Waals surface area contributed by atoms with Crippen molar-refractivity contribution < 1.29 is 0 Å². The molecule has 0 unspecified atom stereocenters. The third-order valence-electron chi connectivity index (χ3n) is 2.44. The van der Waals surface area contributed by atoms with Crippen LogP contribution in [0.15, 0.2) is 17.3 Å². The third-order valence-corrected chi connectivity index (χ3v) is 3.18. The van der Waals surface area contributed by atoms with Crippen molar-refractivity contribution in [2.24, 2.45) is 5.41 Å². The summed E-state index contributed by atoms with van der Waals surface area (Å²) in [5.41, 5.74) is 0.395. The molecule has 0 radical (unpaired) electrons. The molecule has 1 N–H and O–H groups in total. The quantitative estimate of drug-likeness (QED) is 0.652. The third kappa shape index (κ3) is 5.63. The molecule has 0 saturated carbocycles. The van der Waals surface area contributed by atoms with Gasteiger partial charge in [-0.2, -0.15) is 0 Å². The van der Waals surface area contributed by atoms with Gasteiger partial charge in [-0.05, 0) is 41.0 Å². The molecule has 0 bridgehead atoms. The highest BCUT2D eigenvalue weighted by atomic mass is 127. The highest BCUT2D eigenvalue weighted by Crippen LogP contribution is 2.16. The van der Waals surface area contributed by atoms with Gasteiger partial charge in [0.15, 0.2) is 0 Å². The number of aromatic nitrogens is 2. The zero-order chi connectivity index (χ0) is 12.9. The van der Waals surface area contributed by atoms with Gasteiger partial charge >= 0.3 is 0 Å². The minimum atomic E-state index is 0.0400. The highest BCUT2D eigenvalue weighted by molar-refractivity contribution is 14.1. The van der Waals surface area contributed by atoms with Crippen molar-refractivity contribution in [1.29, 1.82) is 0 Å². The van der Waals surface area contributed by atoms with Gasteiger partial charge in [0.1, 0.15) is 0 Å². The normalized spacial score (nSPS) is 11.8. The van der Waals surface area contributed by atoms with Gasteiger partial charge in [0.2, 0.25) is 0 Å². The van der Waals surface area contributed by atoms with Gasteiger partial charge in [0.05, 0.1) is 9.90 Å². The van der Waals surface area contributed by atoms with Crippen LogP contribution in [0, 0.1) is 8.99 Å². The Morgan fingerprint density at radius 1 is 1.41 bits per heavy atom. The number of hydrogen-bond acceptors (Lipinski definition) is 3. The van der Waals surface area contributed by atoms with Gasteiger partial charge in [0, 0.05) is 19.3 Å². The molecule has 0 fully saturated rings. The number of hydrogen-bond donors (Lipinski definition) is 1. The second-order valence-corrected chi connectivity index (χ2v) is 6.46. The second kappa shape index (κ2) is 6.49. The van der Waals surface area contributed by atoms with Gasteiger partial charge in [-0.15, -0.1) is 0 Å². The van der Waals surface area contributed by atoms with E-state index < -0.39 is 0 Å². The Labute approximate surface area is 116 Å². The molecule has 0 atom stereocenters. The van der Waals surface area contributed by atoms with Crippen molar-refractivity contribution in [1.82, 2.24) is 14.9 Å². The minimum Gasteiger partial charge on any atom is -0.315 e. The molecule has 0 aliphatic carbocycles. The first kappa shape index (κ1) is 14.6. The topological polar surface area (TPSA) is 46.9 Å². The second-order valence-electron chi connectivity index (χ2n) is 5.30. The van der Waals surface area contributed by atoms with Crippen LogP contribution in [0.3, 0.4) is 0 Å². The molecular weight excluding hydrogens is 329 g/mol. The van der Waals surface area contributed by atoms with Crippen molar-refractivity contribution in [3.05, 3.63) is 26.4 Å². The molecule has 0 saturated heterocycles. The van der Waals surface area contributed by atoms with Gasteiger partial charge in [0.25, 0.3) is 5.56 Å². The summed E-state index contributed by atoms with van der Waals surface area (Å²) in [6.07, 6.45) is 4.31. The molecule has 1 rings (SSSR count). The van der Waals surface area contributed by atoms with E-state index in [4.69, 9.17) is 0 Å². The van der Waals surface area contributed by atoms with E-state index in [9.17, 15) is 4.79 Å². The van der Waals surface area contributed by atoms with Crippen molar-refractivity contribution in [2.75, 3.05) is 13.1 Å². The monoisotopic (exact) mass is 349 g/mol. The minimum absolute atomic E-state index is 0.0400. The summed E-state index contributed by atoms with van der Waals surface area (Å²) in [5.74, 6) is 0. The van der Waals surface area contributed by atoms with E-state index in [0.29, 0.717) is 15.5 Å². The van der Waals surface area contributed by atoms with Crippen LogP contribution in [0.5, 0.6) is 0 Å². The first-order valence-electron chi connectivity index (χ1n) is 5.81. The van der Waals surface area contributed by atoms with Crippen LogP contribution in [-0.2, 0) is 6.54 Å². The molecule has 4 nitrogen and oxygen atoms in total. The molecule has 5 heteroatoms. The van der Waals surface area contributed by atoms with Gasteiger partial charge in [-0.25, -0.2) is 4.98 Å². The van der Waals surface area contributed by atoms with E-state index in [1.54, 1.807) is 17.1 Å². The summed E-state index contributed by atoms with van der Waals surface area (Å²) in [6, 6.07) is 0. The standard InChI is InChI=1S/C12H20IN3O/c1-12(2,3)4-5-14-6-7-16-9-15-8-10(13)11(16)17/h8-9,14H,4-7H2,1-3H3. The molecule has 0 aliphatic rings. The van der Waals surface area contributed by atoms with E-state index >= 15 is 0 Å². The molecule has 17 heavy (non-hydrogen) atoms. The Kier molecular flexibility index (Phi) is 5.58. The number of nitrogens with zero attached hydrogens (tertiary/aromatic N) is 2. The maximum atomic E-state index is 11.7. The van der Waals surface area contributed by atoms with Crippen LogP contribution in [0.1, 0.15) is 27.2 Å². The molecule has 96 valence electrons. The van der Waals surface area contributed by atoms with Gasteiger partial charge < -0.3 is 5.32 Å². The number of nitrogens with one attached hydrogen (secondary N) is 1. The Hall–Kier alpha value is -0.430. The zero-order valence-corrected chi connectivity index (χ0v) is 12.8. The summed E-state index contributed by atoms with van der Waals surface area (Å²) >= 11 is 2.01. The SMILES string of the molecule is CC(C)(C)CCNCCn1cncc(I)c1=O. The summed E-state index contributed by atoms with van der Waals surface area (Å²) in [7, 11) is 0. The van der Waals surface area contributed by atoms with Gasteiger partial charge in [-0.3, -0.25) is 9.36 Å². The molecule has 0 spiro atoms. The lowest BCUT2D eigenvalue weighted by molar-refractivity contribution is 0.365. The lowest BCUT2D eigenvalue weighted by Crippen LogP contribution is -2.29. The van der Waals surface area contributed by atoms with E-state index in [2.05, 4.69) is 31.1 Å². The predicted molar refractivity (Wildman–Crippen MR) is 78.2 cm³/mol. The molecule has 1 aromatic heterocycles. The highest BCUT2D eigenvalue weighted by Gasteiger charge is 2.08. The number of halogens is 1. The molecule has 1 heterocycles. The Morgan fingerprint density at radius 3 is 2.76 bits per heavy atom. The molecule has 0 amide bonds. The summed E-state index contributed by atoms with van der Waals surface area (Å²) < 4.78 is 2.31. The van der Waals surface area contributed by atoms with Crippen LogP contribution >= 0.6 is 22.6 Å². The van der Waals surface area contributed by atoms with Gasteiger partial charge in [-0.1, -0.05) is 20.8 Å². The Morgan fingerprint density at radius 2 is 2.12 bits per heavy atom. The van der Waals surface area contributed by atoms with Crippen LogP contribution in [0.4, 0.5) is 0 Å². The predicted octanol–water partition coefficient (Wildman–Crippen LogP) is 1.87. The van der Waals surface area contributed by atoms with Crippen LogP contribution in [0.25, 0.3) is 0 Å². The largest absolute Gasteiger partial charge is 0.315 e. The van der Waals surface area contributed by atoms with Crippen LogP contribution in [0.2, 0.25) is 0 Å². The maximum Gasteiger partial charge on any atom is 0.266 e. The molecular formula is C12H20IN3O. The average molecular weight is 349 g/mol. The first-order chi connectivity index (χ1) is 7.90. The Bertz CT molecular complexity index is 409. The lowest BCUT2D eigenvalue weighted by Gasteiger charge is -2.18. The fraction of sp³-hybridized carbons (Fsp3) is 0.667. The summed E-state index contributed by atoms with van der Waals surface area (Å²) in [5, 5.41) is 3.35. The number of rotatable bonds is 5. The Balaban J connectivity index is 2.32. The van der Waals surface area contributed by atoms with E-state index in [-0.39, 0.29) is 5.56 Å². The fourth-order valence-electron chi connectivity index (χ4n) is 1.37. The summed E-state index contributed by atoms with van der Waals surface area (Å²) in [6.45, 7) is 9.13. The van der Waals surface area contributed by atoms with Crippen molar-refractivity contribution in [2.45, 2.75) is 33.7 Å². The fourth-order valence-corrected chi connectivity index (χ4v) is 1.84. The van der Waals surface area contributed by atoms with E-state index in [0.717, 1.165) is 19.5 Å². The van der Waals surface area contributed by atoms with Crippen LogP contribution < -0.4 is 10.9 Å². The zero-order valence-electron chi connectivity index (χ0n) is 10.7. The lowest BCUT2D eigenvalue weighted by atomic mass is 9.92. The molecule has 1 aromatic rings. The van der Waals surface area contributed by atoms with Crippen molar-refractivity contribution in [3.63, 3.8) is 0 Å². The maximum absolute atomic E-state index is 11.7. The first-order valence-corrected chi connectivity index (χ1v) is 6.89. The van der Waals surface area contributed by atoms with Crippen molar-refractivity contribution >= 4 is 22.6 Å².